The number of ether oxygens (including phenoxy) is 2. The van der Waals surface area contributed by atoms with Gasteiger partial charge in [0.1, 0.15) is 11.6 Å². The van der Waals surface area contributed by atoms with Crippen molar-refractivity contribution in [3.8, 4) is 0 Å². The lowest BCUT2D eigenvalue weighted by atomic mass is 10.1. The highest BCUT2D eigenvalue weighted by atomic mass is 16.5. The third-order valence-corrected chi connectivity index (χ3v) is 3.27. The summed E-state index contributed by atoms with van der Waals surface area (Å²) in [7, 11) is 1.84. The Hall–Kier alpha value is -2.33. The van der Waals surface area contributed by atoms with Crippen molar-refractivity contribution in [2.75, 3.05) is 26.9 Å². The highest BCUT2D eigenvalue weighted by Crippen LogP contribution is 2.12. The molecular weight excluding hydrogens is 336 g/mol. The molecule has 0 unspecified atom stereocenters. The topological polar surface area (TPSA) is 42.9 Å². The third kappa shape index (κ3) is 13.5. The average Bonchev–Trinajstić information content (AvgIpc) is 2.72. The van der Waals surface area contributed by atoms with Gasteiger partial charge in [-0.15, -0.1) is 0 Å². The number of nitrogens with zero attached hydrogens (tertiary/aromatic N) is 1. The van der Waals surface area contributed by atoms with Gasteiger partial charge in [0, 0.05) is 32.9 Å². The molecule has 0 aliphatic heterocycles. The molecule has 0 saturated heterocycles. The van der Waals surface area contributed by atoms with Crippen LogP contribution < -0.4 is 5.32 Å². The van der Waals surface area contributed by atoms with Gasteiger partial charge in [-0.1, -0.05) is 45.2 Å². The summed E-state index contributed by atoms with van der Waals surface area (Å²) in [5.74, 6) is 1.52. The smallest absolute Gasteiger partial charge is 0.121 e. The zero-order valence-electron chi connectivity index (χ0n) is 18.0. The Labute approximate surface area is 166 Å². The van der Waals surface area contributed by atoms with Gasteiger partial charge in [-0.2, -0.15) is 0 Å². The maximum atomic E-state index is 5.69. The molecule has 0 bridgehead atoms. The van der Waals surface area contributed by atoms with Crippen molar-refractivity contribution in [3.63, 3.8) is 0 Å². The lowest BCUT2D eigenvalue weighted by Crippen LogP contribution is -2.03. The first-order chi connectivity index (χ1) is 13.2. The fraction of sp³-hybridized carbons (Fsp3) is 0.435. The summed E-state index contributed by atoms with van der Waals surface area (Å²) < 4.78 is 11.0. The molecule has 152 valence electrons. The van der Waals surface area contributed by atoms with E-state index in [0.717, 1.165) is 30.0 Å². The zero-order valence-corrected chi connectivity index (χ0v) is 18.0. The molecule has 1 N–H and O–H groups in total. The van der Waals surface area contributed by atoms with Crippen LogP contribution in [-0.2, 0) is 9.47 Å². The van der Waals surface area contributed by atoms with E-state index in [2.05, 4.69) is 23.5 Å². The SMILES string of the molecule is C=C\C(=C/C=C(C=C)/C(/C=N\C(=C/C)NC)=C/C)OCCCOCC.CC. The van der Waals surface area contributed by atoms with Crippen LogP contribution in [0.5, 0.6) is 0 Å². The van der Waals surface area contributed by atoms with Crippen LogP contribution in [0.15, 0.2) is 77.3 Å². The number of hydrogen-bond acceptors (Lipinski definition) is 4. The van der Waals surface area contributed by atoms with Crippen LogP contribution >= 0.6 is 0 Å². The largest absolute Gasteiger partial charge is 0.494 e. The summed E-state index contributed by atoms with van der Waals surface area (Å²) in [5, 5.41) is 3.02. The summed E-state index contributed by atoms with van der Waals surface area (Å²) >= 11 is 0. The summed E-state index contributed by atoms with van der Waals surface area (Å²) in [6, 6.07) is 0. The minimum atomic E-state index is 0.597. The normalized spacial score (nSPS) is 13.1. The molecule has 0 heterocycles. The first kappa shape index (κ1) is 26.9. The molecule has 0 rings (SSSR count). The number of rotatable bonds is 13. The number of hydrogen-bond donors (Lipinski definition) is 1. The zero-order chi connectivity index (χ0) is 20.9. The van der Waals surface area contributed by atoms with Crippen LogP contribution in [0.1, 0.15) is 41.0 Å². The predicted molar refractivity (Wildman–Crippen MR) is 120 cm³/mol. The first-order valence-electron chi connectivity index (χ1n) is 9.58. The van der Waals surface area contributed by atoms with E-state index in [-0.39, 0.29) is 0 Å². The molecule has 0 aliphatic carbocycles. The van der Waals surface area contributed by atoms with E-state index in [1.54, 1.807) is 12.2 Å². The van der Waals surface area contributed by atoms with Gasteiger partial charge in [-0.25, -0.2) is 4.99 Å². The summed E-state index contributed by atoms with van der Waals surface area (Å²) in [4.78, 5) is 4.41. The monoisotopic (exact) mass is 374 g/mol. The van der Waals surface area contributed by atoms with Gasteiger partial charge >= 0.3 is 0 Å². The average molecular weight is 375 g/mol. The quantitative estimate of drug-likeness (QED) is 0.194. The third-order valence-electron chi connectivity index (χ3n) is 3.27. The molecule has 0 aromatic rings. The molecule has 0 amide bonds. The minimum absolute atomic E-state index is 0.597. The van der Waals surface area contributed by atoms with Crippen molar-refractivity contribution < 1.29 is 9.47 Å². The van der Waals surface area contributed by atoms with Crippen molar-refractivity contribution in [2.45, 2.75) is 41.0 Å². The number of allylic oxidation sites excluding steroid dienone is 8. The molecule has 0 atom stereocenters. The molecule has 4 heteroatoms. The maximum absolute atomic E-state index is 5.69. The van der Waals surface area contributed by atoms with E-state index >= 15 is 0 Å². The minimum Gasteiger partial charge on any atom is -0.494 e. The van der Waals surface area contributed by atoms with E-state index < -0.39 is 0 Å². The van der Waals surface area contributed by atoms with Crippen LogP contribution in [0.25, 0.3) is 0 Å². The van der Waals surface area contributed by atoms with Gasteiger partial charge in [0.05, 0.1) is 6.61 Å². The molecule has 0 saturated carbocycles. The van der Waals surface area contributed by atoms with Gasteiger partial charge in [0.2, 0.25) is 0 Å². The van der Waals surface area contributed by atoms with Gasteiger partial charge in [0.25, 0.3) is 0 Å². The molecule has 0 aliphatic rings. The van der Waals surface area contributed by atoms with Crippen LogP contribution in [0, 0.1) is 0 Å². The Morgan fingerprint density at radius 2 is 1.70 bits per heavy atom. The molecule has 0 aromatic heterocycles. The Morgan fingerprint density at radius 3 is 2.19 bits per heavy atom. The summed E-state index contributed by atoms with van der Waals surface area (Å²) in [5.41, 5.74) is 1.93. The van der Waals surface area contributed by atoms with Gasteiger partial charge in [0.15, 0.2) is 0 Å². The van der Waals surface area contributed by atoms with Crippen molar-refractivity contribution >= 4 is 6.21 Å². The van der Waals surface area contributed by atoms with Gasteiger partial charge < -0.3 is 14.8 Å². The summed E-state index contributed by atoms with van der Waals surface area (Å²) in [6.45, 7) is 19.6. The van der Waals surface area contributed by atoms with Crippen molar-refractivity contribution in [3.05, 3.63) is 72.3 Å². The number of nitrogens with one attached hydrogen (secondary N) is 1. The molecule has 0 fully saturated rings. The van der Waals surface area contributed by atoms with E-state index in [9.17, 15) is 0 Å². The Morgan fingerprint density at radius 1 is 1.00 bits per heavy atom. The summed E-state index contributed by atoms with van der Waals surface area (Å²) in [6.07, 6.45) is 13.9. The van der Waals surface area contributed by atoms with Crippen molar-refractivity contribution in [2.24, 2.45) is 4.99 Å². The standard InChI is InChI=1S/C21H32N2O2.C2H6/c1-7-18(19(8-2)17-23-21(10-4)22-6)13-14-20(9-3)25-16-12-15-24-11-5;1-2/h7-10,13-14,17,22H,1,3,11-12,15-16H2,2,4-6H3;1-2H3/b18-13+,19-8+,20-14+,21-10-,23-17-;. The van der Waals surface area contributed by atoms with E-state index in [0.29, 0.717) is 19.0 Å². The van der Waals surface area contributed by atoms with E-state index in [1.165, 1.54) is 0 Å². The van der Waals surface area contributed by atoms with Crippen molar-refractivity contribution in [1.29, 1.82) is 0 Å². The van der Waals surface area contributed by atoms with Gasteiger partial charge in [-0.05, 0) is 50.1 Å². The predicted octanol–water partition coefficient (Wildman–Crippen LogP) is 5.74. The van der Waals surface area contributed by atoms with Crippen LogP contribution in [-0.4, -0.2) is 33.1 Å². The number of aliphatic imine (C=N–C) groups is 1. The van der Waals surface area contributed by atoms with E-state index in [4.69, 9.17) is 9.47 Å². The molecule has 0 aromatic carbocycles. The fourth-order valence-electron chi connectivity index (χ4n) is 1.86. The van der Waals surface area contributed by atoms with Crippen LogP contribution in [0.4, 0.5) is 0 Å². The lowest BCUT2D eigenvalue weighted by Gasteiger charge is -2.07. The highest BCUT2D eigenvalue weighted by Gasteiger charge is 1.99. The highest BCUT2D eigenvalue weighted by molar-refractivity contribution is 5.86. The second-order valence-electron chi connectivity index (χ2n) is 4.92. The Bertz CT molecular complexity index is 553. The lowest BCUT2D eigenvalue weighted by molar-refractivity contribution is 0.118. The van der Waals surface area contributed by atoms with E-state index in [1.807, 2.05) is 72.2 Å². The molecular formula is C23H38N2O2. The maximum Gasteiger partial charge on any atom is 0.121 e. The molecule has 0 radical (unpaired) electrons. The first-order valence-corrected chi connectivity index (χ1v) is 9.58. The Balaban J connectivity index is 0. The van der Waals surface area contributed by atoms with Crippen LogP contribution in [0.3, 0.4) is 0 Å². The molecule has 4 nitrogen and oxygen atoms in total. The molecule has 0 spiro atoms. The van der Waals surface area contributed by atoms with Crippen molar-refractivity contribution in [1.82, 2.24) is 5.32 Å². The second kappa shape index (κ2) is 20.0. The van der Waals surface area contributed by atoms with Crippen LogP contribution in [0.2, 0.25) is 0 Å². The molecule has 27 heavy (non-hydrogen) atoms. The second-order valence-corrected chi connectivity index (χ2v) is 4.92. The van der Waals surface area contributed by atoms with Gasteiger partial charge in [-0.3, -0.25) is 0 Å². The fourth-order valence-corrected chi connectivity index (χ4v) is 1.86. The Kier molecular flexibility index (Phi) is 19.9.